The Morgan fingerprint density at radius 2 is 1.46 bits per heavy atom. The number of piperidine rings is 2. The van der Waals surface area contributed by atoms with Gasteiger partial charge in [0.25, 0.3) is 0 Å². The first kappa shape index (κ1) is 22.4. The largest absolute Gasteiger partial charge is 0.673 e. The molecule has 2 nitrogen and oxygen atoms in total. The van der Waals surface area contributed by atoms with Crippen molar-refractivity contribution >= 4 is 19.0 Å². The molecular formula is C19H25BF6N2. The lowest BCUT2D eigenvalue weighted by molar-refractivity contribution is -0.531. The second-order valence-electron chi connectivity index (χ2n) is 7.03. The number of rotatable bonds is 3. The molecule has 28 heavy (non-hydrogen) atoms. The van der Waals surface area contributed by atoms with E-state index in [1.807, 2.05) is 0 Å². The van der Waals surface area contributed by atoms with Gasteiger partial charge in [0.2, 0.25) is 0 Å². The number of nitrogens with zero attached hydrogens (tertiary/aromatic N) is 2. The maximum absolute atomic E-state index is 14.3. The van der Waals surface area contributed by atoms with Gasteiger partial charge in [0.15, 0.2) is 6.21 Å². The maximum atomic E-state index is 14.3. The van der Waals surface area contributed by atoms with Gasteiger partial charge in [-0.05, 0) is 37.8 Å². The fraction of sp³-hybridized carbons (Fsp3) is 0.526. The smallest absolute Gasteiger partial charge is 0.418 e. The molecule has 2 aliphatic heterocycles. The number of hydrogen-bond donors (Lipinski definition) is 0. The van der Waals surface area contributed by atoms with Crippen LogP contribution in [0.1, 0.15) is 44.1 Å². The predicted molar refractivity (Wildman–Crippen MR) is 99.9 cm³/mol. The second-order valence-corrected chi connectivity index (χ2v) is 7.03. The highest BCUT2D eigenvalue weighted by Gasteiger charge is 2.20. The van der Waals surface area contributed by atoms with Crippen molar-refractivity contribution in [2.45, 2.75) is 38.5 Å². The van der Waals surface area contributed by atoms with Gasteiger partial charge in [0.1, 0.15) is 24.7 Å². The summed E-state index contributed by atoms with van der Waals surface area (Å²) >= 11 is 0. The standard InChI is InChI=1S/C19H25F2N2.BF4/c20-17-7-8-18(19(21)13-17)16(14-22-9-3-1-4-10-22)15-23-11-5-2-6-12-23;2-1(3,4)5/h7-8,13-15H,1-6,9-12H2;/q+1;-1. The molecule has 0 aliphatic carbocycles. The minimum Gasteiger partial charge on any atom is -0.418 e. The van der Waals surface area contributed by atoms with E-state index in [1.54, 1.807) is 6.07 Å². The lowest BCUT2D eigenvalue weighted by atomic mass is 10.0. The van der Waals surface area contributed by atoms with E-state index >= 15 is 0 Å². The van der Waals surface area contributed by atoms with E-state index in [1.165, 1.54) is 44.6 Å². The predicted octanol–water partition coefficient (Wildman–Crippen LogP) is 5.36. The SMILES string of the molecule is F[B-](F)(F)F.Fc1ccc(/C(C=[N+]2CCCCC2)=C/N2CCCCC2)c(F)c1. The Labute approximate surface area is 161 Å². The molecule has 1 aromatic carbocycles. The minimum atomic E-state index is -6.00. The molecule has 0 atom stereocenters. The number of likely N-dealkylation sites (tertiary alicyclic amines) is 1. The third kappa shape index (κ3) is 8.40. The van der Waals surface area contributed by atoms with Crippen LogP contribution in [-0.4, -0.2) is 49.1 Å². The average molecular weight is 406 g/mol. The Hall–Kier alpha value is -1.93. The van der Waals surface area contributed by atoms with Gasteiger partial charge in [0, 0.05) is 43.8 Å². The topological polar surface area (TPSA) is 6.25 Å². The van der Waals surface area contributed by atoms with Crippen molar-refractivity contribution in [3.05, 3.63) is 41.6 Å². The Kier molecular flexibility index (Phi) is 8.45. The van der Waals surface area contributed by atoms with Crippen LogP contribution in [0.25, 0.3) is 5.57 Å². The summed E-state index contributed by atoms with van der Waals surface area (Å²) in [6.45, 7) is 4.06. The summed E-state index contributed by atoms with van der Waals surface area (Å²) in [4.78, 5) is 2.27. The molecule has 0 amide bonds. The third-order valence-corrected chi connectivity index (χ3v) is 4.67. The molecule has 0 N–H and O–H groups in total. The first-order valence-electron chi connectivity index (χ1n) is 9.60. The van der Waals surface area contributed by atoms with Crippen LogP contribution in [0.3, 0.4) is 0 Å². The van der Waals surface area contributed by atoms with Crippen LogP contribution < -0.4 is 0 Å². The summed E-state index contributed by atoms with van der Waals surface area (Å²) in [6, 6.07) is 3.87. The molecule has 1 aromatic rings. The number of allylic oxidation sites excluding steroid dienone is 1. The normalized spacial score (nSPS) is 18.4. The highest BCUT2D eigenvalue weighted by atomic mass is 19.5. The molecule has 9 heteroatoms. The molecular weight excluding hydrogens is 381 g/mol. The Balaban J connectivity index is 0.000000500. The molecule has 0 unspecified atom stereocenters. The molecule has 0 spiro atoms. The van der Waals surface area contributed by atoms with Crippen molar-refractivity contribution in [2.75, 3.05) is 26.2 Å². The summed E-state index contributed by atoms with van der Waals surface area (Å²) in [5, 5.41) is 0. The lowest BCUT2D eigenvalue weighted by Crippen LogP contribution is -2.26. The molecule has 2 heterocycles. The molecule has 0 bridgehead atoms. The fourth-order valence-corrected chi connectivity index (χ4v) is 3.38. The van der Waals surface area contributed by atoms with Crippen molar-refractivity contribution in [2.24, 2.45) is 0 Å². The summed E-state index contributed by atoms with van der Waals surface area (Å²) in [5.74, 6) is -1.01. The van der Waals surface area contributed by atoms with Gasteiger partial charge >= 0.3 is 7.25 Å². The van der Waals surface area contributed by atoms with Crippen LogP contribution in [0.2, 0.25) is 0 Å². The molecule has 3 rings (SSSR count). The molecule has 2 saturated heterocycles. The van der Waals surface area contributed by atoms with Gasteiger partial charge in [-0.1, -0.05) is 0 Å². The highest BCUT2D eigenvalue weighted by Crippen LogP contribution is 2.21. The summed E-state index contributed by atoms with van der Waals surface area (Å²) in [7, 11) is -6.00. The molecule has 156 valence electrons. The zero-order chi connectivity index (χ0) is 20.6. The van der Waals surface area contributed by atoms with Crippen LogP contribution in [0.4, 0.5) is 26.0 Å². The minimum absolute atomic E-state index is 0.485. The van der Waals surface area contributed by atoms with Gasteiger partial charge < -0.3 is 22.2 Å². The van der Waals surface area contributed by atoms with Gasteiger partial charge in [-0.25, -0.2) is 13.4 Å². The Morgan fingerprint density at radius 3 is 2.04 bits per heavy atom. The van der Waals surface area contributed by atoms with Crippen molar-refractivity contribution in [3.8, 4) is 0 Å². The fourth-order valence-electron chi connectivity index (χ4n) is 3.38. The average Bonchev–Trinajstić information content (AvgIpc) is 2.62. The van der Waals surface area contributed by atoms with Gasteiger partial charge in [-0.3, -0.25) is 0 Å². The van der Waals surface area contributed by atoms with E-state index < -0.39 is 18.9 Å². The van der Waals surface area contributed by atoms with Crippen LogP contribution in [0, 0.1) is 11.6 Å². The zero-order valence-electron chi connectivity index (χ0n) is 15.7. The Morgan fingerprint density at radius 1 is 0.893 bits per heavy atom. The number of halogens is 6. The number of benzene rings is 1. The molecule has 0 saturated carbocycles. The van der Waals surface area contributed by atoms with Crippen molar-refractivity contribution < 1.29 is 30.6 Å². The second kappa shape index (κ2) is 10.6. The maximum Gasteiger partial charge on any atom is 0.673 e. The van der Waals surface area contributed by atoms with E-state index in [0.29, 0.717) is 5.56 Å². The van der Waals surface area contributed by atoms with E-state index in [4.69, 9.17) is 0 Å². The summed E-state index contributed by atoms with van der Waals surface area (Å²) < 4.78 is 68.8. The van der Waals surface area contributed by atoms with Crippen molar-refractivity contribution in [1.29, 1.82) is 0 Å². The van der Waals surface area contributed by atoms with Crippen molar-refractivity contribution in [1.82, 2.24) is 4.90 Å². The molecule has 0 radical (unpaired) electrons. The first-order chi connectivity index (χ1) is 13.2. The molecule has 2 aliphatic rings. The molecule has 0 aromatic heterocycles. The van der Waals surface area contributed by atoms with Gasteiger partial charge in [-0.15, -0.1) is 0 Å². The Bertz CT molecular complexity index is 682. The third-order valence-electron chi connectivity index (χ3n) is 4.67. The zero-order valence-corrected chi connectivity index (χ0v) is 15.7. The van der Waals surface area contributed by atoms with E-state index in [-0.39, 0.29) is 0 Å². The van der Waals surface area contributed by atoms with E-state index in [0.717, 1.165) is 37.8 Å². The highest BCUT2D eigenvalue weighted by molar-refractivity contribution is 6.50. The van der Waals surface area contributed by atoms with Crippen LogP contribution >= 0.6 is 0 Å². The lowest BCUT2D eigenvalue weighted by Gasteiger charge is -2.25. The van der Waals surface area contributed by atoms with E-state index in [9.17, 15) is 26.0 Å². The molecule has 2 fully saturated rings. The van der Waals surface area contributed by atoms with Crippen molar-refractivity contribution in [3.63, 3.8) is 0 Å². The van der Waals surface area contributed by atoms with Gasteiger partial charge in [-0.2, -0.15) is 0 Å². The summed E-state index contributed by atoms with van der Waals surface area (Å²) in [6.07, 6.45) is 11.4. The first-order valence-corrected chi connectivity index (χ1v) is 9.60. The summed E-state index contributed by atoms with van der Waals surface area (Å²) in [5.41, 5.74) is 1.34. The van der Waals surface area contributed by atoms with Crippen LogP contribution in [0.15, 0.2) is 24.4 Å². The quantitative estimate of drug-likeness (QED) is 0.372. The van der Waals surface area contributed by atoms with Crippen LogP contribution in [-0.2, 0) is 0 Å². The monoisotopic (exact) mass is 406 g/mol. The van der Waals surface area contributed by atoms with Gasteiger partial charge in [0.05, 0.1) is 5.57 Å². The van der Waals surface area contributed by atoms with Crippen LogP contribution in [0.5, 0.6) is 0 Å². The number of hydrogen-bond acceptors (Lipinski definition) is 1. The van der Waals surface area contributed by atoms with E-state index in [2.05, 4.69) is 21.9 Å².